The number of hydrogen-bond acceptors (Lipinski definition) is 3. The van der Waals surface area contributed by atoms with Crippen molar-refractivity contribution in [2.75, 3.05) is 6.54 Å². The average molecular weight is 295 g/mol. The highest BCUT2D eigenvalue weighted by Crippen LogP contribution is 2.60. The maximum absolute atomic E-state index is 12.0. The number of carbonyl (C=O) groups is 2. The Morgan fingerprint density at radius 3 is 2.30 bits per heavy atom. The first kappa shape index (κ1) is 13.4. The first-order chi connectivity index (χ1) is 9.42. The summed E-state index contributed by atoms with van der Waals surface area (Å²) in [5.74, 6) is 0.0200. The second kappa shape index (κ2) is 4.46. The number of hydrogen-bond donors (Lipinski definition) is 3. The normalized spacial score (nSPS) is 30.1. The Bertz CT molecular complexity index is 551. The molecular formula is C14H15ClN2O3. The lowest BCUT2D eigenvalue weighted by atomic mass is 9.44. The molecule has 0 heterocycles. The third-order valence-corrected chi connectivity index (χ3v) is 4.44. The first-order valence-electron chi connectivity index (χ1n) is 6.47. The molecule has 1 amide bonds. The van der Waals surface area contributed by atoms with Crippen LogP contribution in [0.2, 0.25) is 5.02 Å². The van der Waals surface area contributed by atoms with Crippen molar-refractivity contribution in [2.45, 2.75) is 30.3 Å². The molecule has 3 N–H and O–H groups in total. The van der Waals surface area contributed by atoms with Crippen LogP contribution in [0.15, 0.2) is 24.3 Å². The van der Waals surface area contributed by atoms with Crippen LogP contribution in [0.4, 0.5) is 4.79 Å². The molecule has 20 heavy (non-hydrogen) atoms. The molecule has 5 nitrogen and oxygen atoms in total. The summed E-state index contributed by atoms with van der Waals surface area (Å²) < 4.78 is 0. The van der Waals surface area contributed by atoms with Gasteiger partial charge in [0.1, 0.15) is 0 Å². The van der Waals surface area contributed by atoms with E-state index in [2.05, 4.69) is 10.6 Å². The molecule has 4 rings (SSSR count). The molecule has 3 fully saturated rings. The van der Waals surface area contributed by atoms with E-state index in [-0.39, 0.29) is 23.4 Å². The summed E-state index contributed by atoms with van der Waals surface area (Å²) in [6.07, 6.45) is 1.32. The highest BCUT2D eigenvalue weighted by molar-refractivity contribution is 6.30. The Morgan fingerprint density at radius 1 is 1.15 bits per heavy atom. The summed E-state index contributed by atoms with van der Waals surface area (Å²) in [6.45, 7) is 0.269. The largest absolute Gasteiger partial charge is 0.465 e. The van der Waals surface area contributed by atoms with Crippen LogP contribution in [-0.2, 0) is 0 Å². The van der Waals surface area contributed by atoms with E-state index in [1.165, 1.54) is 0 Å². The molecule has 2 bridgehead atoms. The van der Waals surface area contributed by atoms with Gasteiger partial charge in [-0.25, -0.2) is 4.79 Å². The molecule has 0 spiro atoms. The quantitative estimate of drug-likeness (QED) is 0.726. The Morgan fingerprint density at radius 2 is 1.75 bits per heavy atom. The number of carboxylic acid groups (broad SMARTS) is 1. The van der Waals surface area contributed by atoms with Crippen LogP contribution >= 0.6 is 11.6 Å². The van der Waals surface area contributed by atoms with Crippen LogP contribution in [0.5, 0.6) is 0 Å². The highest BCUT2D eigenvalue weighted by atomic mass is 35.5. The minimum atomic E-state index is -0.976. The molecule has 0 saturated heterocycles. The molecule has 1 aromatic carbocycles. The van der Waals surface area contributed by atoms with E-state index in [1.54, 1.807) is 24.3 Å². The van der Waals surface area contributed by atoms with Crippen molar-refractivity contribution in [3.8, 4) is 0 Å². The van der Waals surface area contributed by atoms with Crippen molar-refractivity contribution >= 4 is 23.5 Å². The zero-order chi connectivity index (χ0) is 14.4. The predicted octanol–water partition coefficient (Wildman–Crippen LogP) is 2.05. The van der Waals surface area contributed by atoms with Crippen LogP contribution in [-0.4, -0.2) is 34.6 Å². The molecule has 6 heteroatoms. The van der Waals surface area contributed by atoms with Crippen molar-refractivity contribution in [1.29, 1.82) is 0 Å². The lowest BCUT2D eigenvalue weighted by Gasteiger charge is -2.70. The number of ketones is 1. The number of halogens is 1. The van der Waals surface area contributed by atoms with Gasteiger partial charge in [0.05, 0.1) is 6.54 Å². The van der Waals surface area contributed by atoms with Gasteiger partial charge < -0.3 is 15.7 Å². The van der Waals surface area contributed by atoms with Gasteiger partial charge in [-0.3, -0.25) is 4.79 Å². The van der Waals surface area contributed by atoms with E-state index in [0.717, 1.165) is 19.3 Å². The molecule has 106 valence electrons. The van der Waals surface area contributed by atoms with Crippen LogP contribution in [0.3, 0.4) is 0 Å². The van der Waals surface area contributed by atoms with E-state index in [0.29, 0.717) is 10.6 Å². The summed E-state index contributed by atoms with van der Waals surface area (Å²) in [4.78, 5) is 22.6. The summed E-state index contributed by atoms with van der Waals surface area (Å²) >= 11 is 5.78. The molecule has 0 atom stereocenters. The van der Waals surface area contributed by atoms with Gasteiger partial charge in [-0.2, -0.15) is 0 Å². The van der Waals surface area contributed by atoms with E-state index < -0.39 is 6.09 Å². The minimum Gasteiger partial charge on any atom is -0.465 e. The van der Waals surface area contributed by atoms with E-state index in [9.17, 15) is 9.59 Å². The zero-order valence-corrected chi connectivity index (χ0v) is 11.5. The van der Waals surface area contributed by atoms with Crippen molar-refractivity contribution in [3.05, 3.63) is 34.9 Å². The Kier molecular flexibility index (Phi) is 2.99. The average Bonchev–Trinajstić information content (AvgIpc) is 2.30. The maximum Gasteiger partial charge on any atom is 0.405 e. The fourth-order valence-electron chi connectivity index (χ4n) is 3.34. The number of amides is 1. The monoisotopic (exact) mass is 294 g/mol. The topological polar surface area (TPSA) is 78.4 Å². The molecule has 0 unspecified atom stereocenters. The molecule has 3 aliphatic rings. The van der Waals surface area contributed by atoms with Crippen molar-refractivity contribution in [3.63, 3.8) is 0 Å². The Balaban J connectivity index is 1.49. The molecule has 0 radical (unpaired) electrons. The third-order valence-electron chi connectivity index (χ3n) is 4.19. The second-order valence-electron chi connectivity index (χ2n) is 5.80. The maximum atomic E-state index is 12.0. The predicted molar refractivity (Wildman–Crippen MR) is 74.3 cm³/mol. The van der Waals surface area contributed by atoms with Gasteiger partial charge in [0.2, 0.25) is 0 Å². The van der Waals surface area contributed by atoms with Crippen molar-refractivity contribution < 1.29 is 14.7 Å². The van der Waals surface area contributed by atoms with Crippen molar-refractivity contribution in [2.24, 2.45) is 0 Å². The lowest BCUT2D eigenvalue weighted by molar-refractivity contribution is -0.0970. The number of carbonyl (C=O) groups excluding carboxylic acids is 1. The van der Waals surface area contributed by atoms with Gasteiger partial charge >= 0.3 is 6.09 Å². The standard InChI is InChI=1S/C14H15ClN2O3/c15-10-3-1-9(2-4-10)11(18)5-16-13-6-14(7-13,8-13)17-12(19)20/h1-4,16-17H,5-8H2,(H,19,20). The Hall–Kier alpha value is -1.59. The number of nitrogens with one attached hydrogen (secondary N) is 2. The van der Waals surface area contributed by atoms with Gasteiger partial charge in [-0.05, 0) is 43.5 Å². The Labute approximate surface area is 121 Å². The van der Waals surface area contributed by atoms with Crippen molar-refractivity contribution in [1.82, 2.24) is 10.6 Å². The van der Waals surface area contributed by atoms with Gasteiger partial charge in [0.15, 0.2) is 5.78 Å². The van der Waals surface area contributed by atoms with Crippen LogP contribution in [0.25, 0.3) is 0 Å². The van der Waals surface area contributed by atoms with Crippen LogP contribution < -0.4 is 10.6 Å². The van der Waals surface area contributed by atoms with Gasteiger partial charge in [0, 0.05) is 21.7 Å². The summed E-state index contributed by atoms with van der Waals surface area (Å²) in [5.41, 5.74) is 0.332. The van der Waals surface area contributed by atoms with E-state index in [1.807, 2.05) is 0 Å². The smallest absolute Gasteiger partial charge is 0.405 e. The minimum absolute atomic E-state index is 0.0200. The second-order valence-corrected chi connectivity index (χ2v) is 6.24. The van der Waals surface area contributed by atoms with Crippen LogP contribution in [0, 0.1) is 0 Å². The summed E-state index contributed by atoms with van der Waals surface area (Å²) in [5, 5.41) is 15.1. The van der Waals surface area contributed by atoms with E-state index >= 15 is 0 Å². The van der Waals surface area contributed by atoms with Gasteiger partial charge in [-0.15, -0.1) is 0 Å². The van der Waals surface area contributed by atoms with E-state index in [4.69, 9.17) is 16.7 Å². The number of benzene rings is 1. The SMILES string of the molecule is O=C(O)NC12CC(NCC(=O)c3ccc(Cl)cc3)(C1)C2. The molecule has 0 aliphatic heterocycles. The summed E-state index contributed by atoms with van der Waals surface area (Å²) in [6, 6.07) is 6.81. The van der Waals surface area contributed by atoms with Gasteiger partial charge in [0.25, 0.3) is 0 Å². The molecule has 3 saturated carbocycles. The number of rotatable bonds is 5. The third kappa shape index (κ3) is 2.27. The fraction of sp³-hybridized carbons (Fsp3) is 0.429. The van der Waals surface area contributed by atoms with Crippen LogP contribution in [0.1, 0.15) is 29.6 Å². The molecule has 0 aromatic heterocycles. The molecule has 1 aromatic rings. The lowest BCUT2D eigenvalue weighted by Crippen LogP contribution is -2.83. The zero-order valence-electron chi connectivity index (χ0n) is 10.8. The number of Topliss-reactive ketones (excluding diaryl/α,β-unsaturated/α-hetero) is 1. The highest BCUT2D eigenvalue weighted by Gasteiger charge is 2.68. The molecular weight excluding hydrogens is 280 g/mol. The summed E-state index contributed by atoms with van der Waals surface area (Å²) in [7, 11) is 0. The fourth-order valence-corrected chi connectivity index (χ4v) is 3.47. The molecule has 3 aliphatic carbocycles. The van der Waals surface area contributed by atoms with Gasteiger partial charge in [-0.1, -0.05) is 11.6 Å². The first-order valence-corrected chi connectivity index (χ1v) is 6.85.